The topological polar surface area (TPSA) is 102 Å². The molecule has 3 aliphatic rings. The summed E-state index contributed by atoms with van der Waals surface area (Å²) in [4.78, 5) is 40.4. The van der Waals surface area contributed by atoms with Crippen LogP contribution in [0.15, 0.2) is 30.6 Å². The van der Waals surface area contributed by atoms with Crippen LogP contribution in [0.3, 0.4) is 0 Å². The maximum Gasteiger partial charge on any atom is 0.231 e. The van der Waals surface area contributed by atoms with Gasteiger partial charge in [-0.25, -0.2) is 9.97 Å². The van der Waals surface area contributed by atoms with Crippen molar-refractivity contribution in [2.75, 3.05) is 50.7 Å². The van der Waals surface area contributed by atoms with Crippen molar-refractivity contribution in [2.24, 2.45) is 0 Å². The van der Waals surface area contributed by atoms with Crippen LogP contribution in [-0.4, -0.2) is 88.5 Å². The number of carbonyl (C=O) groups is 2. The molecule has 0 unspecified atom stereocenters. The predicted octanol–water partition coefficient (Wildman–Crippen LogP) is 2.31. The average Bonchev–Trinajstić information content (AvgIpc) is 3.49. The number of hydrogen-bond acceptors (Lipinski definition) is 7. The van der Waals surface area contributed by atoms with Crippen LogP contribution in [-0.2, 0) is 9.59 Å². The summed E-state index contributed by atoms with van der Waals surface area (Å²) in [6, 6.07) is 7.69. The number of hydrogen-bond donors (Lipinski definition) is 2. The Bertz CT molecular complexity index is 1140. The average molecular weight is 527 g/mol. The van der Waals surface area contributed by atoms with E-state index >= 15 is 0 Å². The minimum Gasteiger partial charge on any atom is -0.387 e. The van der Waals surface area contributed by atoms with Crippen molar-refractivity contribution in [1.29, 1.82) is 0 Å². The second-order valence-corrected chi connectivity index (χ2v) is 10.9. The second-order valence-electron chi connectivity index (χ2n) is 10.4. The first-order valence-electron chi connectivity index (χ1n) is 13.1. The van der Waals surface area contributed by atoms with E-state index in [1.165, 1.54) is 6.33 Å². The van der Waals surface area contributed by atoms with Gasteiger partial charge in [-0.15, -0.1) is 0 Å². The zero-order valence-electron chi connectivity index (χ0n) is 21.4. The highest BCUT2D eigenvalue weighted by Gasteiger charge is 2.35. The van der Waals surface area contributed by atoms with Gasteiger partial charge in [0.1, 0.15) is 12.1 Å². The molecule has 0 radical (unpaired) electrons. The fourth-order valence-corrected chi connectivity index (χ4v) is 5.98. The molecular weight excluding hydrogens is 492 g/mol. The highest BCUT2D eigenvalue weighted by Crippen LogP contribution is 2.42. The summed E-state index contributed by atoms with van der Waals surface area (Å²) in [5.74, 6) is 0.927. The molecule has 3 heterocycles. The van der Waals surface area contributed by atoms with Crippen molar-refractivity contribution >= 4 is 29.2 Å². The third-order valence-corrected chi connectivity index (χ3v) is 8.24. The van der Waals surface area contributed by atoms with Crippen molar-refractivity contribution in [3.05, 3.63) is 52.4 Å². The molecule has 5 rings (SSSR count). The van der Waals surface area contributed by atoms with Crippen LogP contribution in [0.5, 0.6) is 0 Å². The lowest BCUT2D eigenvalue weighted by Crippen LogP contribution is -2.51. The summed E-state index contributed by atoms with van der Waals surface area (Å²) in [5.41, 5.74) is 2.71. The van der Waals surface area contributed by atoms with Gasteiger partial charge in [-0.3, -0.25) is 9.59 Å². The Labute approximate surface area is 222 Å². The van der Waals surface area contributed by atoms with Crippen molar-refractivity contribution in [3.8, 4) is 0 Å². The van der Waals surface area contributed by atoms with E-state index in [0.717, 1.165) is 35.6 Å². The number of rotatable bonds is 6. The standard InChI is InChI=1S/C27H35ClN6O3/c1-17-13-23(36)25-24(17)26(31-16-30-25)32-9-11-33(12-10-32)27(37)22(19-3-5-20(28)6-4-19)14-29-21-7-8-34(15-21)18(2)35/h3-6,16-17,21-23,29,36H,7-15H2,1-2H3/t17-,21-,22-,23-/m1/s1. The number of aromatic nitrogens is 2. The van der Waals surface area contributed by atoms with E-state index in [2.05, 4.69) is 27.1 Å². The van der Waals surface area contributed by atoms with Gasteiger partial charge in [0.15, 0.2) is 0 Å². The number of nitrogens with one attached hydrogen (secondary N) is 1. The van der Waals surface area contributed by atoms with Gasteiger partial charge in [-0.1, -0.05) is 30.7 Å². The summed E-state index contributed by atoms with van der Waals surface area (Å²) in [6.07, 6.45) is 2.55. The van der Waals surface area contributed by atoms with Gasteiger partial charge in [0.25, 0.3) is 0 Å². The first-order valence-corrected chi connectivity index (χ1v) is 13.5. The van der Waals surface area contributed by atoms with E-state index in [1.54, 1.807) is 6.92 Å². The molecule has 0 bridgehead atoms. The normalized spacial score (nSPS) is 24.3. The van der Waals surface area contributed by atoms with Crippen LogP contribution in [0.4, 0.5) is 5.82 Å². The number of carbonyl (C=O) groups excluding carboxylic acids is 2. The van der Waals surface area contributed by atoms with Gasteiger partial charge in [-0.2, -0.15) is 0 Å². The van der Waals surface area contributed by atoms with E-state index < -0.39 is 6.10 Å². The lowest BCUT2D eigenvalue weighted by molar-refractivity contribution is -0.133. The van der Waals surface area contributed by atoms with Gasteiger partial charge >= 0.3 is 0 Å². The fourth-order valence-electron chi connectivity index (χ4n) is 5.85. The summed E-state index contributed by atoms with van der Waals surface area (Å²) >= 11 is 6.12. The lowest BCUT2D eigenvalue weighted by atomic mass is 9.96. The smallest absolute Gasteiger partial charge is 0.231 e. The Hall–Kier alpha value is -2.75. The number of piperazine rings is 1. The van der Waals surface area contributed by atoms with E-state index in [4.69, 9.17) is 11.6 Å². The Balaban J connectivity index is 1.26. The molecule has 4 atom stereocenters. The first-order chi connectivity index (χ1) is 17.8. The molecule has 0 spiro atoms. The van der Waals surface area contributed by atoms with Crippen LogP contribution in [0.1, 0.15) is 61.4 Å². The zero-order chi connectivity index (χ0) is 26.1. The van der Waals surface area contributed by atoms with Gasteiger partial charge in [0.05, 0.1) is 17.7 Å². The minimum absolute atomic E-state index is 0.0886. The molecule has 2 amide bonds. The van der Waals surface area contributed by atoms with Crippen LogP contribution in [0, 0.1) is 0 Å². The van der Waals surface area contributed by atoms with E-state index in [0.29, 0.717) is 50.7 Å². The quantitative estimate of drug-likeness (QED) is 0.595. The molecule has 1 aromatic heterocycles. The van der Waals surface area contributed by atoms with Crippen molar-refractivity contribution in [1.82, 2.24) is 25.1 Å². The molecule has 9 nitrogen and oxygen atoms in total. The van der Waals surface area contributed by atoms with E-state index in [1.807, 2.05) is 34.1 Å². The summed E-state index contributed by atoms with van der Waals surface area (Å²) in [5, 5.41) is 14.5. The van der Waals surface area contributed by atoms with Gasteiger partial charge in [0.2, 0.25) is 11.8 Å². The van der Waals surface area contributed by atoms with Crippen molar-refractivity contribution in [3.63, 3.8) is 0 Å². The molecular formula is C27H35ClN6O3. The van der Waals surface area contributed by atoms with Gasteiger partial charge in [-0.05, 0) is 36.5 Å². The van der Waals surface area contributed by atoms with Crippen LogP contribution < -0.4 is 10.2 Å². The monoisotopic (exact) mass is 526 g/mol. The Morgan fingerprint density at radius 1 is 1.11 bits per heavy atom. The molecule has 2 aliphatic heterocycles. The summed E-state index contributed by atoms with van der Waals surface area (Å²) < 4.78 is 0. The predicted molar refractivity (Wildman–Crippen MR) is 142 cm³/mol. The molecule has 0 saturated carbocycles. The van der Waals surface area contributed by atoms with Crippen molar-refractivity contribution < 1.29 is 14.7 Å². The van der Waals surface area contributed by atoms with E-state index in [-0.39, 0.29) is 29.7 Å². The number of benzene rings is 1. The highest BCUT2D eigenvalue weighted by atomic mass is 35.5. The minimum atomic E-state index is -0.537. The molecule has 37 heavy (non-hydrogen) atoms. The molecule has 2 aromatic rings. The lowest BCUT2D eigenvalue weighted by Gasteiger charge is -2.38. The van der Waals surface area contributed by atoms with Crippen LogP contribution in [0.25, 0.3) is 0 Å². The Kier molecular flexibility index (Phi) is 7.65. The summed E-state index contributed by atoms with van der Waals surface area (Å²) in [6.45, 7) is 8.17. The number of likely N-dealkylation sites (tertiary alicyclic amines) is 1. The number of fused-ring (bicyclic) bond motifs is 1. The molecule has 198 valence electrons. The molecule has 2 saturated heterocycles. The number of aliphatic hydroxyl groups excluding tert-OH is 1. The molecule has 10 heteroatoms. The highest BCUT2D eigenvalue weighted by molar-refractivity contribution is 6.30. The first kappa shape index (κ1) is 25.9. The largest absolute Gasteiger partial charge is 0.387 e. The maximum atomic E-state index is 13.8. The molecule has 2 N–H and O–H groups in total. The molecule has 1 aliphatic carbocycles. The molecule has 2 fully saturated rings. The third-order valence-electron chi connectivity index (χ3n) is 7.98. The number of anilines is 1. The maximum absolute atomic E-state index is 13.8. The Morgan fingerprint density at radius 3 is 2.51 bits per heavy atom. The Morgan fingerprint density at radius 2 is 1.84 bits per heavy atom. The number of aliphatic hydroxyl groups is 1. The number of nitrogens with zero attached hydrogens (tertiary/aromatic N) is 5. The van der Waals surface area contributed by atoms with E-state index in [9.17, 15) is 14.7 Å². The SMILES string of the molecule is CC(=O)N1CC[C@@H](NC[C@@H](C(=O)N2CCN(c3ncnc4c3[C@H](C)C[C@H]4O)CC2)c2ccc(Cl)cc2)C1. The van der Waals surface area contributed by atoms with Gasteiger partial charge in [0, 0.05) is 69.4 Å². The second kappa shape index (κ2) is 10.9. The zero-order valence-corrected chi connectivity index (χ0v) is 22.2. The summed E-state index contributed by atoms with van der Waals surface area (Å²) in [7, 11) is 0. The third kappa shape index (κ3) is 5.44. The molecule has 1 aromatic carbocycles. The van der Waals surface area contributed by atoms with Crippen LogP contribution in [0.2, 0.25) is 5.02 Å². The van der Waals surface area contributed by atoms with Crippen molar-refractivity contribution in [2.45, 2.75) is 50.7 Å². The van der Waals surface area contributed by atoms with Crippen LogP contribution >= 0.6 is 11.6 Å². The van der Waals surface area contributed by atoms with Gasteiger partial charge < -0.3 is 25.1 Å². The number of halogens is 1. The number of amides is 2. The fraction of sp³-hybridized carbons (Fsp3) is 0.556.